The monoisotopic (exact) mass is 214 g/mol. The van der Waals surface area contributed by atoms with E-state index in [2.05, 4.69) is 48.5 Å². The van der Waals surface area contributed by atoms with Gasteiger partial charge in [-0.15, -0.1) is 0 Å². The molecule has 0 spiro atoms. The van der Waals surface area contributed by atoms with Crippen molar-refractivity contribution in [3.8, 4) is 0 Å². The number of hydrogen-bond donors (Lipinski definition) is 1. The van der Waals surface area contributed by atoms with E-state index in [0.29, 0.717) is 16.7 Å². The number of hydrogen-bond acceptors (Lipinski definition) is 1. The number of rotatable bonds is 4. The van der Waals surface area contributed by atoms with Crippen LogP contribution in [0.2, 0.25) is 0 Å². The maximum absolute atomic E-state index is 9.95. The van der Waals surface area contributed by atoms with Gasteiger partial charge < -0.3 is 5.11 Å². The predicted octanol–water partition coefficient (Wildman–Crippen LogP) is 4.25. The standard InChI is InChI=1S/C14H30O/c1-11(14(5,6)7)10-12(15)8-9-13(2,3)4/h11-12,15H,8-10H2,1-7H3. The molecule has 0 saturated carbocycles. The second kappa shape index (κ2) is 5.34. The van der Waals surface area contributed by atoms with Crippen molar-refractivity contribution in [2.24, 2.45) is 16.7 Å². The molecule has 0 bridgehead atoms. The van der Waals surface area contributed by atoms with Crippen molar-refractivity contribution in [1.82, 2.24) is 0 Å². The summed E-state index contributed by atoms with van der Waals surface area (Å²) in [5, 5.41) is 9.95. The van der Waals surface area contributed by atoms with E-state index in [0.717, 1.165) is 19.3 Å². The molecule has 92 valence electrons. The zero-order chi connectivity index (χ0) is 12.3. The molecule has 0 rings (SSSR count). The van der Waals surface area contributed by atoms with Gasteiger partial charge in [-0.25, -0.2) is 0 Å². The molecule has 0 fully saturated rings. The molecular weight excluding hydrogens is 184 g/mol. The van der Waals surface area contributed by atoms with Gasteiger partial charge in [0.25, 0.3) is 0 Å². The normalized spacial score (nSPS) is 17.6. The summed E-state index contributed by atoms with van der Waals surface area (Å²) in [4.78, 5) is 0. The highest BCUT2D eigenvalue weighted by atomic mass is 16.3. The lowest BCUT2D eigenvalue weighted by atomic mass is 9.78. The first kappa shape index (κ1) is 15.0. The topological polar surface area (TPSA) is 20.2 Å². The maximum Gasteiger partial charge on any atom is 0.0543 e. The first-order valence-corrected chi connectivity index (χ1v) is 6.20. The highest BCUT2D eigenvalue weighted by Gasteiger charge is 2.23. The SMILES string of the molecule is CC(CC(O)CCC(C)(C)C)C(C)(C)C. The third kappa shape index (κ3) is 7.84. The summed E-state index contributed by atoms with van der Waals surface area (Å²) >= 11 is 0. The predicted molar refractivity (Wildman–Crippen MR) is 67.9 cm³/mol. The summed E-state index contributed by atoms with van der Waals surface area (Å²) in [6, 6.07) is 0. The van der Waals surface area contributed by atoms with E-state index in [9.17, 15) is 5.11 Å². The van der Waals surface area contributed by atoms with Gasteiger partial charge in [0.2, 0.25) is 0 Å². The zero-order valence-electron chi connectivity index (χ0n) is 11.7. The molecule has 2 unspecified atom stereocenters. The average Bonchev–Trinajstić information content (AvgIpc) is 1.97. The van der Waals surface area contributed by atoms with Gasteiger partial charge in [0.05, 0.1) is 6.10 Å². The Morgan fingerprint density at radius 1 is 1.00 bits per heavy atom. The third-order valence-corrected chi connectivity index (χ3v) is 3.33. The Morgan fingerprint density at radius 2 is 1.47 bits per heavy atom. The summed E-state index contributed by atoms with van der Waals surface area (Å²) in [6.07, 6.45) is 2.84. The largest absolute Gasteiger partial charge is 0.393 e. The third-order valence-electron chi connectivity index (χ3n) is 3.33. The summed E-state index contributed by atoms with van der Waals surface area (Å²) < 4.78 is 0. The van der Waals surface area contributed by atoms with Gasteiger partial charge in [0.15, 0.2) is 0 Å². The van der Waals surface area contributed by atoms with E-state index in [1.54, 1.807) is 0 Å². The molecule has 1 heteroatoms. The maximum atomic E-state index is 9.95. The van der Waals surface area contributed by atoms with Crippen molar-refractivity contribution in [2.45, 2.75) is 73.8 Å². The molecule has 2 atom stereocenters. The number of aliphatic hydroxyl groups excluding tert-OH is 1. The highest BCUT2D eigenvalue weighted by Crippen LogP contribution is 2.31. The lowest BCUT2D eigenvalue weighted by Gasteiger charge is -2.30. The molecule has 0 aliphatic carbocycles. The Balaban J connectivity index is 3.89. The van der Waals surface area contributed by atoms with Crippen LogP contribution in [0.4, 0.5) is 0 Å². The Kier molecular flexibility index (Phi) is 5.32. The van der Waals surface area contributed by atoms with Crippen LogP contribution in [-0.2, 0) is 0 Å². The van der Waals surface area contributed by atoms with Crippen LogP contribution in [-0.4, -0.2) is 11.2 Å². The molecule has 1 nitrogen and oxygen atoms in total. The van der Waals surface area contributed by atoms with Gasteiger partial charge in [-0.1, -0.05) is 48.5 Å². The summed E-state index contributed by atoms with van der Waals surface area (Å²) in [7, 11) is 0. The van der Waals surface area contributed by atoms with Crippen LogP contribution in [0.25, 0.3) is 0 Å². The molecule has 0 aliphatic heterocycles. The summed E-state index contributed by atoms with van der Waals surface area (Å²) in [5.74, 6) is 0.576. The molecule has 15 heavy (non-hydrogen) atoms. The number of aliphatic hydroxyl groups is 1. The molecule has 0 aromatic rings. The van der Waals surface area contributed by atoms with Gasteiger partial charge in [0.1, 0.15) is 0 Å². The van der Waals surface area contributed by atoms with E-state index >= 15 is 0 Å². The fourth-order valence-electron chi connectivity index (χ4n) is 1.48. The Hall–Kier alpha value is -0.0400. The van der Waals surface area contributed by atoms with Crippen molar-refractivity contribution < 1.29 is 5.11 Å². The van der Waals surface area contributed by atoms with Gasteiger partial charge in [-0.3, -0.25) is 0 Å². The molecule has 1 N–H and O–H groups in total. The Bertz CT molecular complexity index is 171. The lowest BCUT2D eigenvalue weighted by Crippen LogP contribution is -2.23. The molecule has 0 aromatic carbocycles. The van der Waals surface area contributed by atoms with Crippen LogP contribution in [0.3, 0.4) is 0 Å². The fraction of sp³-hybridized carbons (Fsp3) is 1.00. The summed E-state index contributed by atoms with van der Waals surface area (Å²) in [5.41, 5.74) is 0.647. The van der Waals surface area contributed by atoms with Gasteiger partial charge in [0, 0.05) is 0 Å². The van der Waals surface area contributed by atoms with Crippen LogP contribution >= 0.6 is 0 Å². The van der Waals surface area contributed by atoms with Crippen molar-refractivity contribution in [2.75, 3.05) is 0 Å². The van der Waals surface area contributed by atoms with Crippen molar-refractivity contribution in [1.29, 1.82) is 0 Å². The van der Waals surface area contributed by atoms with Crippen LogP contribution in [0.5, 0.6) is 0 Å². The average molecular weight is 214 g/mol. The van der Waals surface area contributed by atoms with E-state index in [1.807, 2.05) is 0 Å². The van der Waals surface area contributed by atoms with E-state index in [1.165, 1.54) is 0 Å². The smallest absolute Gasteiger partial charge is 0.0543 e. The first-order chi connectivity index (χ1) is 6.52. The molecule has 0 saturated heterocycles. The lowest BCUT2D eigenvalue weighted by molar-refractivity contribution is 0.0924. The minimum atomic E-state index is -0.126. The van der Waals surface area contributed by atoms with E-state index in [4.69, 9.17) is 0 Å². The molecule has 0 radical (unpaired) electrons. The molecule has 0 aromatic heterocycles. The minimum Gasteiger partial charge on any atom is -0.393 e. The van der Waals surface area contributed by atoms with Crippen LogP contribution in [0, 0.1) is 16.7 Å². The molecule has 0 amide bonds. The molecule has 0 aliphatic rings. The minimum absolute atomic E-state index is 0.126. The zero-order valence-corrected chi connectivity index (χ0v) is 11.7. The van der Waals surface area contributed by atoms with Crippen molar-refractivity contribution >= 4 is 0 Å². The summed E-state index contributed by atoms with van der Waals surface area (Å²) in [6.45, 7) is 15.7. The fourth-order valence-corrected chi connectivity index (χ4v) is 1.48. The second-order valence-electron chi connectivity index (χ2n) is 7.26. The van der Waals surface area contributed by atoms with Crippen molar-refractivity contribution in [3.63, 3.8) is 0 Å². The van der Waals surface area contributed by atoms with Crippen LogP contribution in [0.1, 0.15) is 67.7 Å². The van der Waals surface area contributed by atoms with Crippen LogP contribution in [0.15, 0.2) is 0 Å². The Labute approximate surface area is 96.3 Å². The highest BCUT2D eigenvalue weighted by molar-refractivity contribution is 4.74. The van der Waals surface area contributed by atoms with Crippen molar-refractivity contribution in [3.05, 3.63) is 0 Å². The second-order valence-corrected chi connectivity index (χ2v) is 7.26. The van der Waals surface area contributed by atoms with E-state index < -0.39 is 0 Å². The van der Waals surface area contributed by atoms with E-state index in [-0.39, 0.29) is 6.10 Å². The van der Waals surface area contributed by atoms with Gasteiger partial charge in [-0.05, 0) is 36.0 Å². The first-order valence-electron chi connectivity index (χ1n) is 6.20. The Morgan fingerprint density at radius 3 is 1.80 bits per heavy atom. The van der Waals surface area contributed by atoms with Gasteiger partial charge in [-0.2, -0.15) is 0 Å². The quantitative estimate of drug-likeness (QED) is 0.742. The van der Waals surface area contributed by atoms with Crippen LogP contribution < -0.4 is 0 Å². The molecule has 0 heterocycles. The molecular formula is C14H30O. The van der Waals surface area contributed by atoms with Gasteiger partial charge >= 0.3 is 0 Å².